The fraction of sp³-hybridized carbons (Fsp3) is 0.680. The smallest absolute Gasteiger partial charge is 0.0551 e. The van der Waals surface area contributed by atoms with Gasteiger partial charge in [0.2, 0.25) is 0 Å². The zero-order valence-corrected chi connectivity index (χ0v) is 21.6. The van der Waals surface area contributed by atoms with Crippen molar-refractivity contribution in [3.8, 4) is 0 Å². The van der Waals surface area contributed by atoms with E-state index >= 15 is 0 Å². The van der Waals surface area contributed by atoms with Gasteiger partial charge in [0.15, 0.2) is 0 Å². The summed E-state index contributed by atoms with van der Waals surface area (Å²) in [5, 5.41) is 11.1. The molecule has 0 saturated carbocycles. The van der Waals surface area contributed by atoms with E-state index in [1.54, 1.807) is 0 Å². The van der Waals surface area contributed by atoms with Crippen LogP contribution in [0.2, 0.25) is 0 Å². The van der Waals surface area contributed by atoms with Crippen molar-refractivity contribution in [2.24, 2.45) is 0 Å². The van der Waals surface area contributed by atoms with Gasteiger partial charge in [-0.3, -0.25) is 9.67 Å². The molecule has 0 radical (unpaired) electrons. The van der Waals surface area contributed by atoms with Crippen LogP contribution in [0.1, 0.15) is 71.3 Å². The number of likely N-dealkylation sites (tertiary alicyclic amines) is 1. The van der Waals surface area contributed by atoms with Gasteiger partial charge < -0.3 is 15.5 Å². The molecule has 2 aliphatic heterocycles. The average Bonchev–Trinajstić information content (AvgIpc) is 3.22. The lowest BCUT2D eigenvalue weighted by molar-refractivity contribution is 0.264. The summed E-state index contributed by atoms with van der Waals surface area (Å²) in [5.74, 6) is 0. The molecular weight excluding hydrogens is 384 g/mol. The molecule has 0 aliphatic carbocycles. The second-order valence-electron chi connectivity index (χ2n) is 7.08. The molecule has 2 aromatic heterocycles. The van der Waals surface area contributed by atoms with Crippen molar-refractivity contribution in [2.45, 2.75) is 87.4 Å². The molecular formula is C25H48N6. The number of rotatable bonds is 2. The Morgan fingerprint density at radius 3 is 2.13 bits per heavy atom. The lowest BCUT2D eigenvalue weighted by atomic mass is 10.1. The van der Waals surface area contributed by atoms with Crippen molar-refractivity contribution >= 4 is 5.69 Å². The van der Waals surface area contributed by atoms with Crippen LogP contribution in [0, 0.1) is 13.8 Å². The molecule has 0 bridgehead atoms. The van der Waals surface area contributed by atoms with Gasteiger partial charge in [-0.1, -0.05) is 41.5 Å². The standard InChI is InChI=1S/C12H19N3.C7H11N3.3C2H6/c1-10-3-4-12(9-13-10)14-11-5-7-15(2)8-6-11;1-6-4-9-10-3-2-8-5-7(6)10;3*1-2/h3-4,9,11,14H,5-8H2,1-2H3;4,8H,2-3,5H2,1H3;3*1-2H3. The second kappa shape index (κ2) is 17.7. The van der Waals surface area contributed by atoms with Gasteiger partial charge in [-0.25, -0.2) is 0 Å². The van der Waals surface area contributed by atoms with Crippen molar-refractivity contribution in [3.05, 3.63) is 41.5 Å². The van der Waals surface area contributed by atoms with Crippen molar-refractivity contribution in [1.29, 1.82) is 0 Å². The molecule has 6 heteroatoms. The highest BCUT2D eigenvalue weighted by Crippen LogP contribution is 2.15. The molecule has 6 nitrogen and oxygen atoms in total. The number of hydrogen-bond acceptors (Lipinski definition) is 5. The number of hydrogen-bond donors (Lipinski definition) is 2. The Bertz CT molecular complexity index is 657. The fourth-order valence-electron chi connectivity index (χ4n) is 3.26. The number of nitrogens with one attached hydrogen (secondary N) is 2. The van der Waals surface area contributed by atoms with Crippen molar-refractivity contribution < 1.29 is 0 Å². The predicted molar refractivity (Wildman–Crippen MR) is 136 cm³/mol. The number of pyridine rings is 1. The summed E-state index contributed by atoms with van der Waals surface area (Å²) < 4.78 is 2.08. The van der Waals surface area contributed by atoms with Crippen LogP contribution in [-0.2, 0) is 13.1 Å². The van der Waals surface area contributed by atoms with Gasteiger partial charge >= 0.3 is 0 Å². The van der Waals surface area contributed by atoms with Crippen LogP contribution in [0.4, 0.5) is 5.69 Å². The Kier molecular flexibility index (Phi) is 16.6. The van der Waals surface area contributed by atoms with Crippen LogP contribution < -0.4 is 10.6 Å². The van der Waals surface area contributed by atoms with Crippen LogP contribution in [0.3, 0.4) is 0 Å². The molecule has 0 unspecified atom stereocenters. The summed E-state index contributed by atoms with van der Waals surface area (Å²) in [4.78, 5) is 6.67. The summed E-state index contributed by atoms with van der Waals surface area (Å²) >= 11 is 0. The van der Waals surface area contributed by atoms with E-state index in [-0.39, 0.29) is 0 Å². The van der Waals surface area contributed by atoms with Crippen LogP contribution in [-0.4, -0.2) is 52.4 Å². The second-order valence-corrected chi connectivity index (χ2v) is 7.08. The molecule has 4 rings (SSSR count). The number of aromatic nitrogens is 3. The van der Waals surface area contributed by atoms with Crippen LogP contribution in [0.25, 0.3) is 0 Å². The van der Waals surface area contributed by atoms with Gasteiger partial charge in [-0.15, -0.1) is 0 Å². The Labute approximate surface area is 191 Å². The van der Waals surface area contributed by atoms with E-state index in [4.69, 9.17) is 0 Å². The molecule has 1 saturated heterocycles. The highest BCUT2D eigenvalue weighted by molar-refractivity contribution is 5.41. The van der Waals surface area contributed by atoms with Crippen molar-refractivity contribution in [2.75, 3.05) is 32.0 Å². The van der Waals surface area contributed by atoms with E-state index in [2.05, 4.69) is 56.4 Å². The number of fused-ring (bicyclic) bond motifs is 1. The highest BCUT2D eigenvalue weighted by Gasteiger charge is 2.16. The quantitative estimate of drug-likeness (QED) is 0.677. The van der Waals surface area contributed by atoms with Gasteiger partial charge in [0.1, 0.15) is 0 Å². The Balaban J connectivity index is 0.000000488. The van der Waals surface area contributed by atoms with E-state index in [0.717, 1.165) is 31.0 Å². The number of nitrogens with zero attached hydrogens (tertiary/aromatic N) is 4. The van der Waals surface area contributed by atoms with Crippen LogP contribution >= 0.6 is 0 Å². The Morgan fingerprint density at radius 1 is 0.935 bits per heavy atom. The Hall–Kier alpha value is -1.92. The Morgan fingerprint density at radius 2 is 1.58 bits per heavy atom. The van der Waals surface area contributed by atoms with Gasteiger partial charge in [0.05, 0.1) is 30.3 Å². The summed E-state index contributed by atoms with van der Waals surface area (Å²) in [6.07, 6.45) is 6.31. The number of anilines is 1. The van der Waals surface area contributed by atoms with E-state index in [1.165, 1.54) is 37.2 Å². The van der Waals surface area contributed by atoms with Crippen molar-refractivity contribution in [3.63, 3.8) is 0 Å². The molecule has 178 valence electrons. The van der Waals surface area contributed by atoms with E-state index in [1.807, 2.05) is 60.9 Å². The maximum Gasteiger partial charge on any atom is 0.0551 e. The predicted octanol–water partition coefficient (Wildman–Crippen LogP) is 5.27. The van der Waals surface area contributed by atoms with Crippen molar-refractivity contribution in [1.82, 2.24) is 25.0 Å². The first kappa shape index (κ1) is 29.1. The summed E-state index contributed by atoms with van der Waals surface area (Å²) in [6, 6.07) is 4.78. The van der Waals surface area contributed by atoms with Gasteiger partial charge in [0.25, 0.3) is 0 Å². The van der Waals surface area contributed by atoms with Gasteiger partial charge in [-0.2, -0.15) is 5.10 Å². The van der Waals surface area contributed by atoms with Gasteiger partial charge in [0, 0.05) is 24.8 Å². The van der Waals surface area contributed by atoms with E-state index in [9.17, 15) is 0 Å². The maximum absolute atomic E-state index is 4.29. The molecule has 2 N–H and O–H groups in total. The first-order chi connectivity index (χ1) is 15.1. The third kappa shape index (κ3) is 10.8. The maximum atomic E-state index is 4.29. The summed E-state index contributed by atoms with van der Waals surface area (Å²) in [6.45, 7) is 21.5. The lowest BCUT2D eigenvalue weighted by Crippen LogP contribution is -2.36. The molecule has 31 heavy (non-hydrogen) atoms. The van der Waals surface area contributed by atoms with Gasteiger partial charge in [-0.05, 0) is 64.5 Å². The third-order valence-electron chi connectivity index (χ3n) is 4.95. The minimum Gasteiger partial charge on any atom is -0.381 e. The third-order valence-corrected chi connectivity index (χ3v) is 4.95. The summed E-state index contributed by atoms with van der Waals surface area (Å²) in [7, 11) is 2.18. The first-order valence-electron chi connectivity index (χ1n) is 12.2. The number of piperidine rings is 1. The SMILES string of the molecule is CC.CC.CC.Cc1ccc(NC2CCN(C)CC2)cn1.Cc1cnn2c1CNCC2. The molecule has 1 fully saturated rings. The minimum atomic E-state index is 0.616. The zero-order chi connectivity index (χ0) is 23.6. The monoisotopic (exact) mass is 432 g/mol. The zero-order valence-electron chi connectivity index (χ0n) is 21.6. The first-order valence-corrected chi connectivity index (χ1v) is 12.2. The highest BCUT2D eigenvalue weighted by atomic mass is 15.3. The molecule has 0 amide bonds. The van der Waals surface area contributed by atoms with E-state index in [0.29, 0.717) is 6.04 Å². The molecule has 2 aliphatic rings. The minimum absolute atomic E-state index is 0.616. The molecule has 0 aromatic carbocycles. The van der Waals surface area contributed by atoms with Crippen LogP contribution in [0.5, 0.6) is 0 Å². The van der Waals surface area contributed by atoms with Crippen LogP contribution in [0.15, 0.2) is 24.5 Å². The fourth-order valence-corrected chi connectivity index (χ4v) is 3.26. The average molecular weight is 433 g/mol. The molecule has 0 spiro atoms. The molecule has 4 heterocycles. The largest absolute Gasteiger partial charge is 0.381 e. The lowest BCUT2D eigenvalue weighted by Gasteiger charge is -2.30. The summed E-state index contributed by atoms with van der Waals surface area (Å²) in [5.41, 5.74) is 4.86. The molecule has 0 atom stereocenters. The van der Waals surface area contributed by atoms with E-state index < -0.39 is 0 Å². The normalized spacial score (nSPS) is 15.3. The number of aryl methyl sites for hydroxylation is 2. The molecule has 2 aromatic rings. The topological polar surface area (TPSA) is 58.0 Å².